The fourth-order valence-electron chi connectivity index (χ4n) is 1.18. The lowest BCUT2D eigenvalue weighted by molar-refractivity contribution is -0.118. The molecule has 0 aromatic heterocycles. The van der Waals surface area contributed by atoms with Crippen molar-refractivity contribution >= 4 is 11.6 Å². The van der Waals surface area contributed by atoms with Gasteiger partial charge in [-0.05, 0) is 12.1 Å². The number of amides is 1. The normalized spacial score (nSPS) is 10.1. The number of hydrogen-bond donors (Lipinski definition) is 1. The molecule has 3 nitrogen and oxygen atoms in total. The third-order valence-electron chi connectivity index (χ3n) is 2.00. The molecule has 82 valence electrons. The first-order valence-corrected chi connectivity index (χ1v) is 4.48. The van der Waals surface area contributed by atoms with Crippen LogP contribution in [0.15, 0.2) is 18.2 Å². The molecule has 0 saturated heterocycles. The van der Waals surface area contributed by atoms with E-state index in [0.29, 0.717) is 0 Å². The molecule has 1 aromatic rings. The zero-order valence-corrected chi connectivity index (χ0v) is 8.34. The Bertz CT molecular complexity index is 368. The summed E-state index contributed by atoms with van der Waals surface area (Å²) < 4.78 is 25.8. The summed E-state index contributed by atoms with van der Waals surface area (Å²) in [5.41, 5.74) is 5.26. The van der Waals surface area contributed by atoms with Gasteiger partial charge in [0.1, 0.15) is 11.6 Å². The van der Waals surface area contributed by atoms with Crippen molar-refractivity contribution in [3.05, 3.63) is 29.8 Å². The van der Waals surface area contributed by atoms with E-state index in [-0.39, 0.29) is 24.6 Å². The highest BCUT2D eigenvalue weighted by Gasteiger charge is 2.14. The number of carbonyl (C=O) groups excluding carboxylic acids is 1. The van der Waals surface area contributed by atoms with Crippen LogP contribution in [0.2, 0.25) is 0 Å². The maximum absolute atomic E-state index is 13.2. The van der Waals surface area contributed by atoms with E-state index in [1.54, 1.807) is 0 Å². The number of anilines is 1. The lowest BCUT2D eigenvalue weighted by Gasteiger charge is -2.17. The Balaban J connectivity index is 2.91. The minimum absolute atomic E-state index is 0.0508. The van der Waals surface area contributed by atoms with Crippen LogP contribution in [-0.2, 0) is 4.79 Å². The molecule has 0 aliphatic rings. The molecule has 0 aliphatic carbocycles. The van der Waals surface area contributed by atoms with E-state index in [2.05, 4.69) is 0 Å². The van der Waals surface area contributed by atoms with Gasteiger partial charge in [-0.15, -0.1) is 0 Å². The van der Waals surface area contributed by atoms with Gasteiger partial charge < -0.3 is 10.6 Å². The molecule has 0 aliphatic heterocycles. The quantitative estimate of drug-likeness (QED) is 0.823. The fraction of sp³-hybridized carbons (Fsp3) is 0.300. The SMILES string of the molecule is CN(C(=O)CCN)c1ccc(F)cc1F. The van der Waals surface area contributed by atoms with Crippen LogP contribution in [0, 0.1) is 11.6 Å². The van der Waals surface area contributed by atoms with Crippen LogP contribution < -0.4 is 10.6 Å². The lowest BCUT2D eigenvalue weighted by Crippen LogP contribution is -2.28. The van der Waals surface area contributed by atoms with Gasteiger partial charge in [-0.3, -0.25) is 4.79 Å². The molecular formula is C10H12F2N2O. The molecule has 5 heteroatoms. The molecule has 0 spiro atoms. The van der Waals surface area contributed by atoms with Crippen molar-refractivity contribution in [1.82, 2.24) is 0 Å². The van der Waals surface area contributed by atoms with Crippen molar-refractivity contribution in [1.29, 1.82) is 0 Å². The first kappa shape index (κ1) is 11.6. The minimum Gasteiger partial charge on any atom is -0.330 e. The average molecular weight is 214 g/mol. The number of carbonyl (C=O) groups is 1. The van der Waals surface area contributed by atoms with Gasteiger partial charge in [0, 0.05) is 26.1 Å². The van der Waals surface area contributed by atoms with Crippen molar-refractivity contribution in [3.63, 3.8) is 0 Å². The van der Waals surface area contributed by atoms with E-state index < -0.39 is 11.6 Å². The zero-order chi connectivity index (χ0) is 11.4. The van der Waals surface area contributed by atoms with Gasteiger partial charge in [0.2, 0.25) is 5.91 Å². The third kappa shape index (κ3) is 2.73. The standard InChI is InChI=1S/C10H12F2N2O/c1-14(10(15)4-5-13)9-3-2-7(11)6-8(9)12/h2-3,6H,4-5,13H2,1H3. The summed E-state index contributed by atoms with van der Waals surface area (Å²) >= 11 is 0. The number of nitrogens with zero attached hydrogens (tertiary/aromatic N) is 1. The Morgan fingerprint density at radius 1 is 1.47 bits per heavy atom. The molecule has 0 unspecified atom stereocenters. The smallest absolute Gasteiger partial charge is 0.228 e. The molecule has 15 heavy (non-hydrogen) atoms. The number of halogens is 2. The highest BCUT2D eigenvalue weighted by atomic mass is 19.1. The number of hydrogen-bond acceptors (Lipinski definition) is 2. The van der Waals surface area contributed by atoms with Crippen molar-refractivity contribution in [3.8, 4) is 0 Å². The van der Waals surface area contributed by atoms with Crippen LogP contribution in [-0.4, -0.2) is 19.5 Å². The van der Waals surface area contributed by atoms with Crippen LogP contribution in [0.4, 0.5) is 14.5 Å². The van der Waals surface area contributed by atoms with E-state index in [1.807, 2.05) is 0 Å². The Labute approximate surface area is 86.5 Å². The van der Waals surface area contributed by atoms with Crippen LogP contribution in [0.1, 0.15) is 6.42 Å². The van der Waals surface area contributed by atoms with Crippen molar-refractivity contribution in [2.75, 3.05) is 18.5 Å². The van der Waals surface area contributed by atoms with Gasteiger partial charge >= 0.3 is 0 Å². The van der Waals surface area contributed by atoms with Crippen LogP contribution in [0.3, 0.4) is 0 Å². The maximum atomic E-state index is 13.2. The predicted octanol–water partition coefficient (Wildman–Crippen LogP) is 1.28. The van der Waals surface area contributed by atoms with E-state index in [4.69, 9.17) is 5.73 Å². The summed E-state index contributed by atoms with van der Waals surface area (Å²) in [7, 11) is 1.42. The van der Waals surface area contributed by atoms with Crippen LogP contribution >= 0.6 is 0 Å². The molecule has 0 fully saturated rings. The average Bonchev–Trinajstić information content (AvgIpc) is 2.17. The summed E-state index contributed by atoms with van der Waals surface area (Å²) in [5.74, 6) is -1.73. The molecule has 1 rings (SSSR count). The number of rotatable bonds is 3. The maximum Gasteiger partial charge on any atom is 0.228 e. The highest BCUT2D eigenvalue weighted by Crippen LogP contribution is 2.19. The number of nitrogens with two attached hydrogens (primary N) is 1. The fourth-order valence-corrected chi connectivity index (χ4v) is 1.18. The molecule has 0 saturated carbocycles. The lowest BCUT2D eigenvalue weighted by atomic mass is 10.2. The van der Waals surface area contributed by atoms with Crippen molar-refractivity contribution in [2.45, 2.75) is 6.42 Å². The second-order valence-corrected chi connectivity index (χ2v) is 3.09. The topological polar surface area (TPSA) is 46.3 Å². The molecule has 0 heterocycles. The third-order valence-corrected chi connectivity index (χ3v) is 2.00. The molecule has 1 aromatic carbocycles. The van der Waals surface area contributed by atoms with Gasteiger partial charge in [0.15, 0.2) is 0 Å². The summed E-state index contributed by atoms with van der Waals surface area (Å²) in [6.07, 6.45) is 0.132. The summed E-state index contributed by atoms with van der Waals surface area (Å²) in [4.78, 5) is 12.5. The minimum atomic E-state index is -0.761. The Kier molecular flexibility index (Phi) is 3.74. The summed E-state index contributed by atoms with van der Waals surface area (Å²) in [6.45, 7) is 0.200. The summed E-state index contributed by atoms with van der Waals surface area (Å²) in [5, 5.41) is 0. The molecule has 2 N–H and O–H groups in total. The second kappa shape index (κ2) is 4.84. The van der Waals surface area contributed by atoms with E-state index in [9.17, 15) is 13.6 Å². The van der Waals surface area contributed by atoms with Crippen molar-refractivity contribution in [2.24, 2.45) is 5.73 Å². The van der Waals surface area contributed by atoms with E-state index in [1.165, 1.54) is 13.1 Å². The molecule has 1 amide bonds. The van der Waals surface area contributed by atoms with Crippen LogP contribution in [0.25, 0.3) is 0 Å². The van der Waals surface area contributed by atoms with Gasteiger partial charge in [0.05, 0.1) is 5.69 Å². The van der Waals surface area contributed by atoms with Gasteiger partial charge in [-0.2, -0.15) is 0 Å². The Morgan fingerprint density at radius 2 is 2.13 bits per heavy atom. The van der Waals surface area contributed by atoms with Crippen LogP contribution in [0.5, 0.6) is 0 Å². The number of benzene rings is 1. The van der Waals surface area contributed by atoms with Gasteiger partial charge in [-0.1, -0.05) is 0 Å². The first-order chi connectivity index (χ1) is 7.06. The first-order valence-electron chi connectivity index (χ1n) is 4.48. The predicted molar refractivity (Wildman–Crippen MR) is 53.4 cm³/mol. The molecular weight excluding hydrogens is 202 g/mol. The molecule has 0 bridgehead atoms. The van der Waals surface area contributed by atoms with Gasteiger partial charge in [-0.25, -0.2) is 8.78 Å². The monoisotopic (exact) mass is 214 g/mol. The largest absolute Gasteiger partial charge is 0.330 e. The Hall–Kier alpha value is -1.49. The highest BCUT2D eigenvalue weighted by molar-refractivity contribution is 5.92. The van der Waals surface area contributed by atoms with E-state index >= 15 is 0 Å². The summed E-state index contributed by atoms with van der Waals surface area (Å²) in [6, 6.07) is 3.06. The van der Waals surface area contributed by atoms with E-state index in [0.717, 1.165) is 17.0 Å². The Morgan fingerprint density at radius 3 is 2.67 bits per heavy atom. The van der Waals surface area contributed by atoms with Crippen molar-refractivity contribution < 1.29 is 13.6 Å². The van der Waals surface area contributed by atoms with Gasteiger partial charge in [0.25, 0.3) is 0 Å². The zero-order valence-electron chi connectivity index (χ0n) is 8.34. The molecule has 0 atom stereocenters. The second-order valence-electron chi connectivity index (χ2n) is 3.09. The molecule has 0 radical (unpaired) electrons.